The van der Waals surface area contributed by atoms with Gasteiger partial charge in [-0.25, -0.2) is 4.79 Å². The van der Waals surface area contributed by atoms with Crippen LogP contribution < -0.4 is 9.47 Å². The largest absolute Gasteiger partial charge is 0.494 e. The summed E-state index contributed by atoms with van der Waals surface area (Å²) in [7, 11) is 0. The second-order valence-electron chi connectivity index (χ2n) is 12.1. The van der Waals surface area contributed by atoms with Gasteiger partial charge in [0, 0.05) is 12.3 Å². The number of hydrogen-bond donors (Lipinski definition) is 0. The van der Waals surface area contributed by atoms with E-state index in [2.05, 4.69) is 36.2 Å². The first-order chi connectivity index (χ1) is 22.7. The number of nitrogens with zero attached hydrogens (tertiary/aromatic N) is 1. The molecule has 0 amide bonds. The maximum atomic E-state index is 12.4. The summed E-state index contributed by atoms with van der Waals surface area (Å²) < 4.78 is 11.4. The highest BCUT2D eigenvalue weighted by molar-refractivity contribution is 5.89. The fourth-order valence-electron chi connectivity index (χ4n) is 5.50. The molecule has 4 aromatic carbocycles. The van der Waals surface area contributed by atoms with Crippen LogP contribution in [0.3, 0.4) is 0 Å². The number of esters is 1. The highest BCUT2D eigenvalue weighted by Gasteiger charge is 2.02. The molecule has 0 atom stereocenters. The lowest BCUT2D eigenvalue weighted by molar-refractivity contribution is -0.128. The molecule has 0 bridgehead atoms. The van der Waals surface area contributed by atoms with Crippen LogP contribution in [0.2, 0.25) is 0 Å². The highest BCUT2D eigenvalue weighted by atomic mass is 16.5. The fraction of sp³-hybridized carbons (Fsp3) is 0.381. The van der Waals surface area contributed by atoms with Crippen LogP contribution in [0.15, 0.2) is 102 Å². The normalized spacial score (nSPS) is 11.5. The molecule has 0 aliphatic heterocycles. The van der Waals surface area contributed by atoms with Gasteiger partial charge in [0.05, 0.1) is 12.3 Å². The third-order valence-electron chi connectivity index (χ3n) is 8.25. The van der Waals surface area contributed by atoms with E-state index in [1.165, 1.54) is 94.9 Å². The van der Waals surface area contributed by atoms with E-state index in [4.69, 9.17) is 9.47 Å². The lowest BCUT2D eigenvalue weighted by Crippen LogP contribution is -2.03. The molecule has 0 spiro atoms. The number of fused-ring (bicyclic) bond motifs is 1. The van der Waals surface area contributed by atoms with Gasteiger partial charge in [0.2, 0.25) is 0 Å². The molecule has 0 saturated heterocycles. The number of hydrogen-bond acceptors (Lipinski definition) is 4. The van der Waals surface area contributed by atoms with Gasteiger partial charge in [-0.1, -0.05) is 133 Å². The fourth-order valence-corrected chi connectivity index (χ4v) is 5.50. The van der Waals surface area contributed by atoms with E-state index in [1.807, 2.05) is 60.8 Å². The van der Waals surface area contributed by atoms with E-state index in [9.17, 15) is 4.79 Å². The van der Waals surface area contributed by atoms with Crippen LogP contribution in [0.1, 0.15) is 108 Å². The molecule has 0 aliphatic rings. The third-order valence-corrected chi connectivity index (χ3v) is 8.25. The first-order valence-electron chi connectivity index (χ1n) is 17.5. The molecule has 4 rings (SSSR count). The predicted molar refractivity (Wildman–Crippen MR) is 195 cm³/mol. The van der Waals surface area contributed by atoms with Crippen molar-refractivity contribution in [3.63, 3.8) is 0 Å². The van der Waals surface area contributed by atoms with Crippen molar-refractivity contribution in [2.75, 3.05) is 6.61 Å². The van der Waals surface area contributed by atoms with Gasteiger partial charge in [-0.15, -0.1) is 0 Å². The number of unbranched alkanes of at least 4 members (excludes halogenated alkanes) is 13. The van der Waals surface area contributed by atoms with Gasteiger partial charge in [-0.3, -0.25) is 4.99 Å². The van der Waals surface area contributed by atoms with Gasteiger partial charge in [-0.2, -0.15) is 0 Å². The Morgan fingerprint density at radius 3 is 1.83 bits per heavy atom. The predicted octanol–water partition coefficient (Wildman–Crippen LogP) is 12.1. The van der Waals surface area contributed by atoms with Crippen molar-refractivity contribution in [1.82, 2.24) is 0 Å². The van der Waals surface area contributed by atoms with Crippen LogP contribution in [0, 0.1) is 0 Å². The van der Waals surface area contributed by atoms with E-state index in [1.54, 1.807) is 18.2 Å². The van der Waals surface area contributed by atoms with Crippen LogP contribution in [0.4, 0.5) is 5.69 Å². The summed E-state index contributed by atoms with van der Waals surface area (Å²) >= 11 is 0. The van der Waals surface area contributed by atoms with Crippen LogP contribution in [-0.2, 0) is 4.79 Å². The Kier molecular flexibility index (Phi) is 15.7. The Morgan fingerprint density at radius 2 is 1.17 bits per heavy atom. The highest BCUT2D eigenvalue weighted by Crippen LogP contribution is 2.21. The number of carbonyl (C=O) groups is 1. The second-order valence-corrected chi connectivity index (χ2v) is 12.1. The number of carbonyl (C=O) groups excluding carboxylic acids is 1. The molecular weight excluding hydrogens is 566 g/mol. The molecule has 4 aromatic rings. The molecule has 0 fully saturated rings. The van der Waals surface area contributed by atoms with E-state index in [0.717, 1.165) is 41.0 Å². The molecule has 46 heavy (non-hydrogen) atoms. The van der Waals surface area contributed by atoms with Crippen molar-refractivity contribution in [1.29, 1.82) is 0 Å². The Hall–Kier alpha value is -4.18. The maximum absolute atomic E-state index is 12.4. The standard InChI is InChI=1S/C42H51NO3/c1-2-3-4-5-6-7-8-9-10-11-12-13-14-17-32-45-40-27-20-35(21-28-40)24-31-42(44)46-41-29-22-36(23-30-41)34-43-39-26-25-37-18-15-16-19-38(37)33-39/h15-16,18-31,33-34H,2-14,17,32H2,1H3/b31-24+,43-34?. The smallest absolute Gasteiger partial charge is 0.336 e. The number of benzene rings is 4. The third kappa shape index (κ3) is 13.4. The Bertz CT molecular complexity index is 1490. The van der Waals surface area contributed by atoms with Crippen LogP contribution in [0.25, 0.3) is 16.8 Å². The number of ether oxygens (including phenoxy) is 2. The Morgan fingerprint density at radius 1 is 0.609 bits per heavy atom. The summed E-state index contributed by atoms with van der Waals surface area (Å²) in [6.45, 7) is 3.02. The average Bonchev–Trinajstić information content (AvgIpc) is 3.09. The molecule has 4 heteroatoms. The lowest BCUT2D eigenvalue weighted by Gasteiger charge is -2.07. The Balaban J connectivity index is 1.05. The van der Waals surface area contributed by atoms with Gasteiger partial charge < -0.3 is 9.47 Å². The molecule has 4 nitrogen and oxygen atoms in total. The Labute approximate surface area is 276 Å². The molecule has 0 unspecified atom stereocenters. The number of aliphatic imine (C=N–C) groups is 1. The monoisotopic (exact) mass is 617 g/mol. The topological polar surface area (TPSA) is 47.9 Å². The first kappa shape index (κ1) is 34.7. The van der Waals surface area contributed by atoms with Crippen molar-refractivity contribution in [2.45, 2.75) is 96.8 Å². The lowest BCUT2D eigenvalue weighted by atomic mass is 10.0. The quantitative estimate of drug-likeness (QED) is 0.0307. The van der Waals surface area contributed by atoms with Gasteiger partial charge in [0.15, 0.2) is 0 Å². The minimum absolute atomic E-state index is 0.421. The van der Waals surface area contributed by atoms with Crippen molar-refractivity contribution in [3.05, 3.63) is 108 Å². The molecular formula is C42H51NO3. The van der Waals surface area contributed by atoms with Crippen molar-refractivity contribution >= 4 is 34.7 Å². The van der Waals surface area contributed by atoms with Crippen molar-refractivity contribution in [3.8, 4) is 11.5 Å². The zero-order valence-corrected chi connectivity index (χ0v) is 27.7. The summed E-state index contributed by atoms with van der Waals surface area (Å²) in [6, 6.07) is 29.5. The summed E-state index contributed by atoms with van der Waals surface area (Å²) in [5, 5.41) is 2.35. The van der Waals surface area contributed by atoms with Crippen LogP contribution in [-0.4, -0.2) is 18.8 Å². The minimum atomic E-state index is -0.421. The summed E-state index contributed by atoms with van der Waals surface area (Å²) in [5.41, 5.74) is 2.74. The van der Waals surface area contributed by atoms with Gasteiger partial charge in [0.1, 0.15) is 11.5 Å². The van der Waals surface area contributed by atoms with E-state index in [-0.39, 0.29) is 0 Å². The molecule has 0 aromatic heterocycles. The second kappa shape index (κ2) is 20.8. The van der Waals surface area contributed by atoms with E-state index >= 15 is 0 Å². The van der Waals surface area contributed by atoms with Crippen molar-refractivity contribution < 1.29 is 14.3 Å². The SMILES string of the molecule is CCCCCCCCCCCCCCCCOc1ccc(/C=C/C(=O)Oc2ccc(C=Nc3ccc4ccccc4c3)cc2)cc1. The molecule has 0 radical (unpaired) electrons. The van der Waals surface area contributed by atoms with Gasteiger partial charge in [0.25, 0.3) is 0 Å². The summed E-state index contributed by atoms with van der Waals surface area (Å²) in [5.74, 6) is 0.930. The summed E-state index contributed by atoms with van der Waals surface area (Å²) in [4.78, 5) is 16.9. The minimum Gasteiger partial charge on any atom is -0.494 e. The molecule has 242 valence electrons. The van der Waals surface area contributed by atoms with E-state index < -0.39 is 5.97 Å². The zero-order valence-electron chi connectivity index (χ0n) is 27.7. The molecule has 0 aliphatic carbocycles. The first-order valence-corrected chi connectivity index (χ1v) is 17.5. The van der Waals surface area contributed by atoms with E-state index in [0.29, 0.717) is 5.75 Å². The van der Waals surface area contributed by atoms with Crippen LogP contribution in [0.5, 0.6) is 11.5 Å². The molecule has 0 N–H and O–H groups in total. The van der Waals surface area contributed by atoms with Crippen LogP contribution >= 0.6 is 0 Å². The van der Waals surface area contributed by atoms with Crippen molar-refractivity contribution in [2.24, 2.45) is 4.99 Å². The maximum Gasteiger partial charge on any atom is 0.336 e. The summed E-state index contributed by atoms with van der Waals surface area (Å²) in [6.07, 6.45) is 24.0. The molecule has 0 saturated carbocycles. The van der Waals surface area contributed by atoms with Gasteiger partial charge in [-0.05, 0) is 82.9 Å². The average molecular weight is 618 g/mol. The van der Waals surface area contributed by atoms with Gasteiger partial charge >= 0.3 is 5.97 Å². The number of rotatable bonds is 21. The zero-order chi connectivity index (χ0) is 32.1. The molecule has 0 heterocycles.